The first-order chi connectivity index (χ1) is 17.7. The van der Waals surface area contributed by atoms with E-state index in [1.165, 1.54) is 0 Å². The lowest BCUT2D eigenvalue weighted by Crippen LogP contribution is -2.31. The molecule has 0 atom stereocenters. The van der Waals surface area contributed by atoms with Gasteiger partial charge in [0.25, 0.3) is 10.1 Å². The predicted molar refractivity (Wildman–Crippen MR) is 147 cm³/mol. The van der Waals surface area contributed by atoms with Gasteiger partial charge in [0.2, 0.25) is 0 Å². The van der Waals surface area contributed by atoms with E-state index in [0.29, 0.717) is 26.1 Å². The van der Waals surface area contributed by atoms with Crippen LogP contribution in [0.5, 0.6) is 0 Å². The molecule has 8 nitrogen and oxygen atoms in total. The summed E-state index contributed by atoms with van der Waals surface area (Å²) >= 11 is 0. The van der Waals surface area contributed by atoms with Gasteiger partial charge in [-0.05, 0) is 76.6 Å². The van der Waals surface area contributed by atoms with Crippen LogP contribution in [0.25, 0.3) is 0 Å². The summed E-state index contributed by atoms with van der Waals surface area (Å²) in [5.41, 5.74) is 2.45. The van der Waals surface area contributed by atoms with Crippen molar-refractivity contribution in [1.82, 2.24) is 0 Å². The van der Waals surface area contributed by atoms with Crippen molar-refractivity contribution in [1.29, 1.82) is 0 Å². The normalized spacial score (nSPS) is 11.8. The number of hydrogen-bond donors (Lipinski definition) is 1. The van der Waals surface area contributed by atoms with Crippen LogP contribution < -0.4 is 0 Å². The number of rotatable bonds is 12. The van der Waals surface area contributed by atoms with Gasteiger partial charge < -0.3 is 14.6 Å². The zero-order valence-corrected chi connectivity index (χ0v) is 24.4. The van der Waals surface area contributed by atoms with E-state index in [1.807, 2.05) is 76.2 Å². The van der Waals surface area contributed by atoms with Crippen molar-refractivity contribution in [2.75, 3.05) is 32.7 Å². The molecule has 2 aromatic carbocycles. The Morgan fingerprint density at radius 1 is 0.737 bits per heavy atom. The average molecular weight is 551 g/mol. The van der Waals surface area contributed by atoms with Crippen LogP contribution in [-0.4, -0.2) is 58.1 Å². The Balaban J connectivity index is 0.000000389. The molecule has 0 radical (unpaired) electrons. The Labute approximate surface area is 227 Å². The maximum atomic E-state index is 11.9. The number of carbonyl (C=O) groups is 2. The van der Waals surface area contributed by atoms with Gasteiger partial charge in [0.05, 0.1) is 36.9 Å². The highest BCUT2D eigenvalue weighted by atomic mass is 32.2. The molecule has 0 saturated heterocycles. The molecule has 0 fully saturated rings. The molecule has 0 heterocycles. The van der Waals surface area contributed by atoms with Crippen molar-refractivity contribution in [3.8, 4) is 0 Å². The molecule has 1 N–H and O–H groups in total. The van der Waals surface area contributed by atoms with E-state index in [9.17, 15) is 18.0 Å². The van der Waals surface area contributed by atoms with Crippen LogP contribution in [0, 0.1) is 0 Å². The monoisotopic (exact) mass is 550 g/mol. The summed E-state index contributed by atoms with van der Waals surface area (Å²) in [4.78, 5) is 23.7. The largest absolute Gasteiger partial charge is 0.465 e. The Hall–Kier alpha value is -2.75. The number of hydrogen-bond acceptors (Lipinski definition) is 8. The van der Waals surface area contributed by atoms with Gasteiger partial charge in [-0.15, -0.1) is 0 Å². The van der Waals surface area contributed by atoms with Crippen LogP contribution in [0.1, 0.15) is 63.8 Å². The predicted octanol–water partition coefficient (Wildman–Crippen LogP) is 4.11. The molecule has 0 amide bonds. The lowest BCUT2D eigenvalue weighted by Gasteiger charge is -2.23. The summed E-state index contributed by atoms with van der Waals surface area (Å²) < 4.78 is 36.6. The second-order valence-electron chi connectivity index (χ2n) is 9.83. The van der Waals surface area contributed by atoms with Crippen LogP contribution in [0.3, 0.4) is 0 Å². The van der Waals surface area contributed by atoms with Gasteiger partial charge in [-0.2, -0.15) is 8.42 Å². The number of ether oxygens (including phenoxy) is 2. The smallest absolute Gasteiger partial charge is 0.315 e. The average Bonchev–Trinajstić information content (AvgIpc) is 2.85. The quantitative estimate of drug-likeness (QED) is 0.310. The van der Waals surface area contributed by atoms with Crippen LogP contribution >= 0.6 is 0 Å². The third-order valence-corrected chi connectivity index (χ3v) is 6.61. The summed E-state index contributed by atoms with van der Waals surface area (Å²) in [6, 6.07) is 15.1. The van der Waals surface area contributed by atoms with Crippen LogP contribution in [0.15, 0.2) is 48.5 Å². The molecule has 0 aromatic heterocycles. The Morgan fingerprint density at radius 2 is 1.11 bits per heavy atom. The van der Waals surface area contributed by atoms with Gasteiger partial charge in [0.1, 0.15) is 0 Å². The van der Waals surface area contributed by atoms with Gasteiger partial charge in [-0.1, -0.05) is 48.5 Å². The highest BCUT2D eigenvalue weighted by Gasteiger charge is 2.32. The highest BCUT2D eigenvalue weighted by Crippen LogP contribution is 2.26. The van der Waals surface area contributed by atoms with Gasteiger partial charge in [0.15, 0.2) is 0 Å². The van der Waals surface area contributed by atoms with Crippen molar-refractivity contribution >= 4 is 22.1 Å². The number of esters is 2. The zero-order chi connectivity index (χ0) is 29.0. The maximum Gasteiger partial charge on any atom is 0.315 e. The first-order valence-electron chi connectivity index (χ1n) is 12.7. The highest BCUT2D eigenvalue weighted by molar-refractivity contribution is 7.85. The summed E-state index contributed by atoms with van der Waals surface area (Å²) in [5.74, 6) is -0.479. The number of aliphatic hydroxyl groups is 1. The van der Waals surface area contributed by atoms with Crippen molar-refractivity contribution in [3.63, 3.8) is 0 Å². The van der Waals surface area contributed by atoms with Crippen LogP contribution in [0.2, 0.25) is 0 Å². The van der Waals surface area contributed by atoms with E-state index in [4.69, 9.17) is 18.8 Å². The Bertz CT molecular complexity index is 1120. The first-order valence-corrected chi connectivity index (χ1v) is 14.5. The molecule has 0 unspecified atom stereocenters. The molecule has 212 valence electrons. The minimum atomic E-state index is -3.40. The Morgan fingerprint density at radius 3 is 1.42 bits per heavy atom. The molecule has 2 rings (SSSR count). The fourth-order valence-electron chi connectivity index (χ4n) is 3.47. The second-order valence-corrected chi connectivity index (χ2v) is 11.5. The first kappa shape index (κ1) is 33.3. The standard InChI is InChI=1S/C15H22O5S.C14H20O3/c1-5-19-14(16)15(2,3)13-8-6-12(7-9-13)10-11-20-21(4,17)18;1-4-17-13(16)14(2,3)12-7-5-11(6-8-12)9-10-15/h6-9H,5,10-11H2,1-4H3;5-8,15H,4,9-10H2,1-3H3. The number of benzene rings is 2. The van der Waals surface area contributed by atoms with Crippen molar-refractivity contribution in [2.45, 2.75) is 65.2 Å². The van der Waals surface area contributed by atoms with E-state index in [-0.39, 0.29) is 25.2 Å². The van der Waals surface area contributed by atoms with Crippen molar-refractivity contribution in [3.05, 3.63) is 70.8 Å². The van der Waals surface area contributed by atoms with E-state index in [1.54, 1.807) is 13.8 Å². The molecule has 0 aliphatic carbocycles. The van der Waals surface area contributed by atoms with Crippen molar-refractivity contribution in [2.24, 2.45) is 0 Å². The molecule has 9 heteroatoms. The van der Waals surface area contributed by atoms with Crippen LogP contribution in [-0.2, 0) is 57.0 Å². The Kier molecular flexibility index (Phi) is 13.1. The van der Waals surface area contributed by atoms with Gasteiger partial charge in [0, 0.05) is 6.61 Å². The van der Waals surface area contributed by atoms with Crippen LogP contribution in [0.4, 0.5) is 0 Å². The number of carbonyl (C=O) groups excluding carboxylic acids is 2. The fourth-order valence-corrected chi connectivity index (χ4v) is 3.86. The van der Waals surface area contributed by atoms with Gasteiger partial charge in [-0.3, -0.25) is 13.8 Å². The SMILES string of the molecule is CCOC(=O)C(C)(C)c1ccc(CCO)cc1.CCOC(=O)C(C)(C)c1ccc(CCOS(C)(=O)=O)cc1. The third kappa shape index (κ3) is 10.6. The molecule has 38 heavy (non-hydrogen) atoms. The van der Waals surface area contributed by atoms with E-state index < -0.39 is 20.9 Å². The second kappa shape index (κ2) is 15.0. The lowest BCUT2D eigenvalue weighted by molar-refractivity contribution is -0.149. The summed E-state index contributed by atoms with van der Waals surface area (Å²) in [6.45, 7) is 11.9. The van der Waals surface area contributed by atoms with Crippen molar-refractivity contribution < 1.29 is 36.8 Å². The number of aliphatic hydroxyl groups excluding tert-OH is 1. The van der Waals surface area contributed by atoms with Gasteiger partial charge >= 0.3 is 11.9 Å². The summed E-state index contributed by atoms with van der Waals surface area (Å²) in [5, 5.41) is 8.83. The zero-order valence-electron chi connectivity index (χ0n) is 23.6. The summed E-state index contributed by atoms with van der Waals surface area (Å²) in [7, 11) is -3.40. The van der Waals surface area contributed by atoms with E-state index in [0.717, 1.165) is 28.5 Å². The van der Waals surface area contributed by atoms with E-state index in [2.05, 4.69) is 0 Å². The third-order valence-electron chi connectivity index (χ3n) is 6.01. The van der Waals surface area contributed by atoms with E-state index >= 15 is 0 Å². The molecule has 0 aliphatic rings. The fraction of sp³-hybridized carbons (Fsp3) is 0.517. The molecule has 0 spiro atoms. The summed E-state index contributed by atoms with van der Waals surface area (Å²) in [6.07, 6.45) is 2.16. The molecular formula is C29H42O8S. The lowest BCUT2D eigenvalue weighted by atomic mass is 9.84. The van der Waals surface area contributed by atoms with Gasteiger partial charge in [-0.25, -0.2) is 0 Å². The molecule has 0 bridgehead atoms. The maximum absolute atomic E-state index is 11.9. The molecular weight excluding hydrogens is 508 g/mol. The minimum absolute atomic E-state index is 0.111. The topological polar surface area (TPSA) is 116 Å². The molecule has 0 aliphatic heterocycles. The minimum Gasteiger partial charge on any atom is -0.465 e. The molecule has 0 saturated carbocycles. The molecule has 2 aromatic rings.